The van der Waals surface area contributed by atoms with E-state index in [4.69, 9.17) is 5.73 Å². The molecule has 1 amide bonds. The van der Waals surface area contributed by atoms with Crippen LogP contribution in [0.1, 0.15) is 15.9 Å². The molecule has 0 bridgehead atoms. The van der Waals surface area contributed by atoms with Crippen LogP contribution in [0.15, 0.2) is 47.4 Å². The third kappa shape index (κ3) is 3.38. The molecule has 5 nitrogen and oxygen atoms in total. The van der Waals surface area contributed by atoms with Gasteiger partial charge in [-0.1, -0.05) is 6.07 Å². The van der Waals surface area contributed by atoms with E-state index in [1.807, 2.05) is 0 Å². The van der Waals surface area contributed by atoms with Gasteiger partial charge in [0.05, 0.1) is 10.6 Å². The van der Waals surface area contributed by atoms with Gasteiger partial charge in [-0.25, -0.2) is 12.8 Å². The Labute approximate surface area is 121 Å². The second-order valence-electron chi connectivity index (χ2n) is 4.46. The minimum atomic E-state index is -3.85. The molecule has 2 rings (SSSR count). The molecular weight excluding hydrogens is 295 g/mol. The van der Waals surface area contributed by atoms with Crippen molar-refractivity contribution < 1.29 is 17.6 Å². The van der Waals surface area contributed by atoms with Crippen LogP contribution >= 0.6 is 0 Å². The summed E-state index contributed by atoms with van der Waals surface area (Å²) in [7, 11) is -3.85. The number of amides is 1. The number of aryl methyl sites for hydroxylation is 1. The van der Waals surface area contributed by atoms with Crippen molar-refractivity contribution >= 4 is 21.6 Å². The number of benzene rings is 2. The van der Waals surface area contributed by atoms with Crippen LogP contribution in [0.3, 0.4) is 0 Å². The Bertz CT molecular complexity index is 786. The van der Waals surface area contributed by atoms with Crippen molar-refractivity contribution in [3.63, 3.8) is 0 Å². The zero-order valence-corrected chi connectivity index (χ0v) is 11.9. The standard InChI is InChI=1S/C14H13FN2O3S/c1-9-2-5-11(8-13(9)15)17-21(19,20)12-6-3-10(4-7-12)14(16)18/h2-8,17H,1H3,(H2,16,18). The van der Waals surface area contributed by atoms with Crippen molar-refractivity contribution in [2.75, 3.05) is 4.72 Å². The van der Waals surface area contributed by atoms with Crippen molar-refractivity contribution in [3.8, 4) is 0 Å². The molecule has 2 aromatic carbocycles. The molecule has 3 N–H and O–H groups in total. The molecule has 0 atom stereocenters. The van der Waals surface area contributed by atoms with Gasteiger partial charge in [0.25, 0.3) is 10.0 Å². The molecule has 0 unspecified atom stereocenters. The predicted octanol–water partition coefficient (Wildman–Crippen LogP) is 2.03. The number of carbonyl (C=O) groups is 1. The molecule has 0 saturated heterocycles. The van der Waals surface area contributed by atoms with Crippen molar-refractivity contribution in [1.29, 1.82) is 0 Å². The average Bonchev–Trinajstić information content (AvgIpc) is 2.43. The van der Waals surface area contributed by atoms with E-state index in [2.05, 4.69) is 4.72 Å². The minimum absolute atomic E-state index is 0.0477. The van der Waals surface area contributed by atoms with Gasteiger partial charge < -0.3 is 5.73 Å². The van der Waals surface area contributed by atoms with Gasteiger partial charge in [-0.2, -0.15) is 0 Å². The van der Waals surface area contributed by atoms with E-state index >= 15 is 0 Å². The van der Waals surface area contributed by atoms with Gasteiger partial charge in [-0.3, -0.25) is 9.52 Å². The fraction of sp³-hybridized carbons (Fsp3) is 0.0714. The Morgan fingerprint density at radius 2 is 1.76 bits per heavy atom. The molecule has 0 saturated carbocycles. The lowest BCUT2D eigenvalue weighted by molar-refractivity contribution is 0.1000. The second-order valence-corrected chi connectivity index (χ2v) is 6.14. The van der Waals surface area contributed by atoms with Crippen LogP contribution in [-0.2, 0) is 10.0 Å². The van der Waals surface area contributed by atoms with E-state index in [-0.39, 0.29) is 16.1 Å². The number of rotatable bonds is 4. The first-order chi connectivity index (χ1) is 9.79. The molecule has 21 heavy (non-hydrogen) atoms. The van der Waals surface area contributed by atoms with Crippen LogP contribution in [0.2, 0.25) is 0 Å². The van der Waals surface area contributed by atoms with Gasteiger partial charge in [0.15, 0.2) is 0 Å². The normalized spacial score (nSPS) is 11.1. The van der Waals surface area contributed by atoms with E-state index in [1.165, 1.54) is 36.4 Å². The van der Waals surface area contributed by atoms with E-state index in [9.17, 15) is 17.6 Å². The third-order valence-electron chi connectivity index (χ3n) is 2.87. The molecule has 0 heterocycles. The number of primary amides is 1. The highest BCUT2D eigenvalue weighted by molar-refractivity contribution is 7.92. The molecule has 2 aromatic rings. The summed E-state index contributed by atoms with van der Waals surface area (Å²) >= 11 is 0. The highest BCUT2D eigenvalue weighted by Crippen LogP contribution is 2.19. The topological polar surface area (TPSA) is 89.3 Å². The highest BCUT2D eigenvalue weighted by atomic mass is 32.2. The number of sulfonamides is 1. The first kappa shape index (κ1) is 15.0. The van der Waals surface area contributed by atoms with Gasteiger partial charge in [0.2, 0.25) is 5.91 Å². The van der Waals surface area contributed by atoms with Crippen molar-refractivity contribution in [1.82, 2.24) is 0 Å². The number of hydrogen-bond acceptors (Lipinski definition) is 3. The lowest BCUT2D eigenvalue weighted by Crippen LogP contribution is -2.14. The van der Waals surface area contributed by atoms with Gasteiger partial charge in [-0.15, -0.1) is 0 Å². The fourth-order valence-corrected chi connectivity index (χ4v) is 2.72. The Morgan fingerprint density at radius 1 is 1.14 bits per heavy atom. The summed E-state index contributed by atoms with van der Waals surface area (Å²) in [5.74, 6) is -1.15. The predicted molar refractivity (Wildman–Crippen MR) is 76.9 cm³/mol. The van der Waals surface area contributed by atoms with Crippen molar-refractivity contribution in [2.24, 2.45) is 5.73 Å². The maximum Gasteiger partial charge on any atom is 0.261 e. The number of anilines is 1. The second kappa shape index (κ2) is 5.53. The van der Waals surface area contributed by atoms with Crippen molar-refractivity contribution in [2.45, 2.75) is 11.8 Å². The molecule has 0 aliphatic heterocycles. The SMILES string of the molecule is Cc1ccc(NS(=O)(=O)c2ccc(C(N)=O)cc2)cc1F. The van der Waals surface area contributed by atoms with Gasteiger partial charge >= 0.3 is 0 Å². The number of nitrogens with one attached hydrogen (secondary N) is 1. The molecule has 0 aliphatic carbocycles. The van der Waals surface area contributed by atoms with Crippen LogP contribution in [0.4, 0.5) is 10.1 Å². The summed E-state index contributed by atoms with van der Waals surface area (Å²) in [6, 6.07) is 9.18. The fourth-order valence-electron chi connectivity index (χ4n) is 1.67. The van der Waals surface area contributed by atoms with E-state index in [0.717, 1.165) is 6.07 Å². The first-order valence-electron chi connectivity index (χ1n) is 5.98. The van der Waals surface area contributed by atoms with E-state index in [0.29, 0.717) is 5.56 Å². The molecule has 110 valence electrons. The van der Waals surface area contributed by atoms with Crippen LogP contribution in [0.5, 0.6) is 0 Å². The molecule has 0 aliphatic rings. The Hall–Kier alpha value is -2.41. The molecule has 0 aromatic heterocycles. The molecule has 0 fully saturated rings. The highest BCUT2D eigenvalue weighted by Gasteiger charge is 2.15. The van der Waals surface area contributed by atoms with Crippen LogP contribution < -0.4 is 10.5 Å². The summed E-state index contributed by atoms with van der Waals surface area (Å²) in [5.41, 5.74) is 5.83. The third-order valence-corrected chi connectivity index (χ3v) is 4.27. The molecular formula is C14H13FN2O3S. The smallest absolute Gasteiger partial charge is 0.261 e. The zero-order valence-electron chi connectivity index (χ0n) is 11.1. The maximum absolute atomic E-state index is 13.4. The number of halogens is 1. The summed E-state index contributed by atoms with van der Waals surface area (Å²) in [5, 5.41) is 0. The summed E-state index contributed by atoms with van der Waals surface area (Å²) in [4.78, 5) is 10.9. The van der Waals surface area contributed by atoms with E-state index in [1.54, 1.807) is 6.92 Å². The molecule has 0 radical (unpaired) electrons. The number of nitrogens with two attached hydrogens (primary N) is 1. The van der Waals surface area contributed by atoms with Crippen LogP contribution in [-0.4, -0.2) is 14.3 Å². The van der Waals surface area contributed by atoms with Crippen molar-refractivity contribution in [3.05, 3.63) is 59.4 Å². The number of carbonyl (C=O) groups excluding carboxylic acids is 1. The van der Waals surface area contributed by atoms with Crippen LogP contribution in [0, 0.1) is 12.7 Å². The summed E-state index contributed by atoms with van der Waals surface area (Å²) < 4.78 is 39.9. The lowest BCUT2D eigenvalue weighted by atomic mass is 10.2. The Kier molecular flexibility index (Phi) is 3.95. The largest absolute Gasteiger partial charge is 0.366 e. The maximum atomic E-state index is 13.4. The van der Waals surface area contributed by atoms with Crippen LogP contribution in [0.25, 0.3) is 0 Å². The van der Waals surface area contributed by atoms with Gasteiger partial charge in [0.1, 0.15) is 5.82 Å². The molecule has 0 spiro atoms. The van der Waals surface area contributed by atoms with Gasteiger partial charge in [0, 0.05) is 5.56 Å². The summed E-state index contributed by atoms with van der Waals surface area (Å²) in [6.07, 6.45) is 0. The van der Waals surface area contributed by atoms with Gasteiger partial charge in [-0.05, 0) is 48.9 Å². The Balaban J connectivity index is 2.29. The average molecular weight is 308 g/mol. The number of hydrogen-bond donors (Lipinski definition) is 2. The monoisotopic (exact) mass is 308 g/mol. The molecule has 7 heteroatoms. The summed E-state index contributed by atoms with van der Waals surface area (Å²) in [6.45, 7) is 1.58. The quantitative estimate of drug-likeness (QED) is 0.905. The van der Waals surface area contributed by atoms with E-state index < -0.39 is 21.7 Å². The Morgan fingerprint density at radius 3 is 2.29 bits per heavy atom. The minimum Gasteiger partial charge on any atom is -0.366 e. The first-order valence-corrected chi connectivity index (χ1v) is 7.47. The zero-order chi connectivity index (χ0) is 15.6. The lowest BCUT2D eigenvalue weighted by Gasteiger charge is -2.09.